The number of aliphatic imine (C=N–C) groups is 1. The normalized spacial score (nSPS) is 15.8. The summed E-state index contributed by atoms with van der Waals surface area (Å²) in [5.74, 6) is -2.19. The van der Waals surface area contributed by atoms with Crippen LogP contribution in [-0.4, -0.2) is 58.4 Å². The minimum absolute atomic E-state index is 0.0878. The number of thioether (sulfide) groups is 1. The number of carbonyl (C=O) groups excluding carboxylic acids is 1. The molecule has 0 spiro atoms. The average molecular weight is 491 g/mol. The Morgan fingerprint density at radius 1 is 1.24 bits per heavy atom. The molecule has 0 atom stereocenters. The molecule has 1 amide bonds. The number of nitrogens with zero attached hydrogens (tertiary/aromatic N) is 2. The average Bonchev–Trinajstić information content (AvgIpc) is 3.06. The molecule has 1 aliphatic rings. The molecule has 9 nitrogen and oxygen atoms in total. The molecular formula is C22H19ClN2O7S. The van der Waals surface area contributed by atoms with Gasteiger partial charge in [-0.25, -0.2) is 14.6 Å². The molecule has 1 heterocycles. The van der Waals surface area contributed by atoms with Gasteiger partial charge < -0.3 is 19.7 Å². The number of aromatic carboxylic acids is 1. The Balaban J connectivity index is 1.94. The highest BCUT2D eigenvalue weighted by Crippen LogP contribution is 2.39. The highest BCUT2D eigenvalue weighted by molar-refractivity contribution is 8.18. The van der Waals surface area contributed by atoms with E-state index in [9.17, 15) is 19.5 Å². The van der Waals surface area contributed by atoms with Gasteiger partial charge >= 0.3 is 11.9 Å². The molecule has 2 aromatic carbocycles. The molecule has 0 radical (unpaired) electrons. The van der Waals surface area contributed by atoms with Crippen molar-refractivity contribution in [3.8, 4) is 11.5 Å². The minimum Gasteiger partial charge on any atom is -0.493 e. The van der Waals surface area contributed by atoms with Crippen LogP contribution in [0.5, 0.6) is 11.5 Å². The third-order valence-electron chi connectivity index (χ3n) is 4.41. The van der Waals surface area contributed by atoms with E-state index < -0.39 is 18.5 Å². The van der Waals surface area contributed by atoms with Crippen molar-refractivity contribution in [2.75, 3.05) is 20.3 Å². The summed E-state index contributed by atoms with van der Waals surface area (Å²) >= 11 is 7.39. The van der Waals surface area contributed by atoms with Crippen molar-refractivity contribution >= 4 is 58.1 Å². The number of halogens is 1. The Labute approximate surface area is 198 Å². The van der Waals surface area contributed by atoms with Crippen LogP contribution in [0.1, 0.15) is 22.8 Å². The van der Waals surface area contributed by atoms with Crippen molar-refractivity contribution in [1.29, 1.82) is 0 Å². The van der Waals surface area contributed by atoms with E-state index in [-0.39, 0.29) is 28.0 Å². The monoisotopic (exact) mass is 490 g/mol. The van der Waals surface area contributed by atoms with Crippen molar-refractivity contribution in [2.24, 2.45) is 4.99 Å². The molecular weight excluding hydrogens is 472 g/mol. The zero-order valence-corrected chi connectivity index (χ0v) is 19.1. The van der Waals surface area contributed by atoms with Crippen LogP contribution in [0.3, 0.4) is 0 Å². The molecule has 0 bridgehead atoms. The summed E-state index contributed by atoms with van der Waals surface area (Å²) in [5, 5.41) is 18.5. The van der Waals surface area contributed by atoms with Gasteiger partial charge in [-0.15, -0.1) is 0 Å². The van der Waals surface area contributed by atoms with E-state index in [2.05, 4.69) is 4.99 Å². The predicted octanol–water partition coefficient (Wildman–Crippen LogP) is 4.13. The number of carboxylic acid groups (broad SMARTS) is 2. The number of carboxylic acids is 2. The summed E-state index contributed by atoms with van der Waals surface area (Å²) in [7, 11) is 1.39. The molecule has 172 valence electrons. The van der Waals surface area contributed by atoms with Crippen LogP contribution in [0.15, 0.2) is 46.3 Å². The van der Waals surface area contributed by atoms with E-state index in [4.69, 9.17) is 26.2 Å². The summed E-state index contributed by atoms with van der Waals surface area (Å²) in [6.45, 7) is 1.59. The number of likely N-dealkylation sites (N-methyl/N-ethyl adjacent to an activating group) is 1. The van der Waals surface area contributed by atoms with Crippen LogP contribution in [0.4, 0.5) is 5.69 Å². The number of amidine groups is 1. The lowest BCUT2D eigenvalue weighted by Crippen LogP contribution is -2.28. The number of methoxy groups -OCH3 is 1. The Bertz CT molecular complexity index is 1180. The molecule has 0 saturated carbocycles. The lowest BCUT2D eigenvalue weighted by Gasteiger charge is -2.12. The number of amides is 1. The summed E-state index contributed by atoms with van der Waals surface area (Å²) in [6.07, 6.45) is 1.61. The van der Waals surface area contributed by atoms with Crippen LogP contribution in [0, 0.1) is 0 Å². The lowest BCUT2D eigenvalue weighted by atomic mass is 10.1. The molecule has 1 fully saturated rings. The fourth-order valence-corrected chi connectivity index (χ4v) is 4.27. The van der Waals surface area contributed by atoms with E-state index in [1.54, 1.807) is 31.2 Å². The number of hydrogen-bond acceptors (Lipinski definition) is 7. The molecule has 1 saturated heterocycles. The number of hydrogen-bond donors (Lipinski definition) is 2. The fraction of sp³-hybridized carbons (Fsp3) is 0.182. The largest absolute Gasteiger partial charge is 0.493 e. The standard InChI is InChI=1S/C22H19ClN2O7S/c1-3-25-20(28)17(33-22(25)24-14-6-4-5-13(10-14)21(29)30)9-12-7-15(23)19(16(8-12)31-2)32-11-18(26)27/h4-10H,3,11H2,1-2H3,(H,26,27)(H,29,30)/b17-9-,24-22?. The summed E-state index contributed by atoms with van der Waals surface area (Å²) < 4.78 is 10.5. The van der Waals surface area contributed by atoms with Gasteiger partial charge in [0, 0.05) is 6.54 Å². The van der Waals surface area contributed by atoms with Gasteiger partial charge in [0.25, 0.3) is 5.91 Å². The van der Waals surface area contributed by atoms with Crippen LogP contribution >= 0.6 is 23.4 Å². The van der Waals surface area contributed by atoms with Gasteiger partial charge in [0.15, 0.2) is 23.3 Å². The lowest BCUT2D eigenvalue weighted by molar-refractivity contribution is -0.139. The second-order valence-corrected chi connectivity index (χ2v) is 8.04. The van der Waals surface area contributed by atoms with Gasteiger partial charge in [0.05, 0.1) is 28.3 Å². The van der Waals surface area contributed by atoms with Gasteiger partial charge in [-0.05, 0) is 60.7 Å². The number of carbonyl (C=O) groups is 3. The maximum Gasteiger partial charge on any atom is 0.341 e. The third kappa shape index (κ3) is 5.65. The quantitative estimate of drug-likeness (QED) is 0.529. The highest BCUT2D eigenvalue weighted by atomic mass is 35.5. The van der Waals surface area contributed by atoms with Crippen LogP contribution in [0.2, 0.25) is 5.02 Å². The first-order valence-corrected chi connectivity index (χ1v) is 10.8. The topological polar surface area (TPSA) is 126 Å². The van der Waals surface area contributed by atoms with Gasteiger partial charge in [0.1, 0.15) is 0 Å². The SMILES string of the molecule is CCN1C(=O)/C(=C/c2cc(Cl)c(OCC(=O)O)c(OC)c2)SC1=Nc1cccc(C(=O)O)c1. The predicted molar refractivity (Wildman–Crippen MR) is 125 cm³/mol. The maximum absolute atomic E-state index is 12.9. The molecule has 33 heavy (non-hydrogen) atoms. The van der Waals surface area contributed by atoms with Crippen molar-refractivity contribution < 1.29 is 34.1 Å². The number of ether oxygens (including phenoxy) is 2. The van der Waals surface area contributed by atoms with Gasteiger partial charge in [-0.1, -0.05) is 17.7 Å². The van der Waals surface area contributed by atoms with Crippen LogP contribution in [0.25, 0.3) is 6.08 Å². The van der Waals surface area contributed by atoms with E-state index in [0.717, 1.165) is 11.8 Å². The van der Waals surface area contributed by atoms with E-state index >= 15 is 0 Å². The second kappa shape index (κ2) is 10.4. The summed E-state index contributed by atoms with van der Waals surface area (Å²) in [6, 6.07) is 9.23. The van der Waals surface area contributed by atoms with E-state index in [1.807, 2.05) is 0 Å². The fourth-order valence-electron chi connectivity index (χ4n) is 2.94. The zero-order valence-electron chi connectivity index (χ0n) is 17.6. The van der Waals surface area contributed by atoms with Crippen LogP contribution < -0.4 is 9.47 Å². The third-order valence-corrected chi connectivity index (χ3v) is 5.70. The van der Waals surface area contributed by atoms with Crippen LogP contribution in [-0.2, 0) is 9.59 Å². The Morgan fingerprint density at radius 3 is 2.64 bits per heavy atom. The minimum atomic E-state index is -1.16. The van der Waals surface area contributed by atoms with Crippen molar-refractivity contribution in [1.82, 2.24) is 4.90 Å². The summed E-state index contributed by atoms with van der Waals surface area (Å²) in [5.41, 5.74) is 1.05. The Morgan fingerprint density at radius 2 is 2.00 bits per heavy atom. The molecule has 0 unspecified atom stereocenters. The van der Waals surface area contributed by atoms with Gasteiger partial charge in [0.2, 0.25) is 0 Å². The number of benzene rings is 2. The molecule has 11 heteroatoms. The first-order chi connectivity index (χ1) is 15.7. The van der Waals surface area contributed by atoms with Gasteiger partial charge in [-0.3, -0.25) is 9.69 Å². The smallest absolute Gasteiger partial charge is 0.341 e. The highest BCUT2D eigenvalue weighted by Gasteiger charge is 2.32. The molecule has 0 aliphatic carbocycles. The van der Waals surface area contributed by atoms with E-state index in [1.165, 1.54) is 30.2 Å². The first-order valence-electron chi connectivity index (χ1n) is 9.59. The van der Waals surface area contributed by atoms with Crippen molar-refractivity contribution in [3.63, 3.8) is 0 Å². The molecule has 0 aromatic heterocycles. The van der Waals surface area contributed by atoms with E-state index in [0.29, 0.717) is 27.9 Å². The van der Waals surface area contributed by atoms with Crippen molar-refractivity contribution in [3.05, 3.63) is 57.5 Å². The molecule has 2 N–H and O–H groups in total. The Hall–Kier alpha value is -3.50. The zero-order chi connectivity index (χ0) is 24.1. The Kier molecular flexibility index (Phi) is 7.62. The molecule has 2 aromatic rings. The molecule has 3 rings (SSSR count). The first kappa shape index (κ1) is 24.1. The maximum atomic E-state index is 12.9. The van der Waals surface area contributed by atoms with Crippen molar-refractivity contribution in [2.45, 2.75) is 6.92 Å². The number of rotatable bonds is 8. The second-order valence-electron chi connectivity index (χ2n) is 6.63. The van der Waals surface area contributed by atoms with Gasteiger partial charge in [-0.2, -0.15) is 0 Å². The molecule has 1 aliphatic heterocycles. The summed E-state index contributed by atoms with van der Waals surface area (Å²) in [4.78, 5) is 41.2. The number of aliphatic carboxylic acids is 1.